The third-order valence-electron chi connectivity index (χ3n) is 3.76. The van der Waals surface area contributed by atoms with Gasteiger partial charge in [-0.1, -0.05) is 0 Å². The SMILES string of the molecule is C=[N+]([O-])c1ccc(C(=O)NC2CCN(C)CC2)cc1OC. The van der Waals surface area contributed by atoms with E-state index >= 15 is 0 Å². The summed E-state index contributed by atoms with van der Waals surface area (Å²) in [5, 5.41) is 14.3. The van der Waals surface area contributed by atoms with Crippen molar-refractivity contribution in [3.8, 4) is 5.75 Å². The van der Waals surface area contributed by atoms with Crippen LogP contribution in [0.5, 0.6) is 5.75 Å². The summed E-state index contributed by atoms with van der Waals surface area (Å²) in [6, 6.07) is 4.92. The van der Waals surface area contributed by atoms with Crippen LogP contribution in [0, 0.1) is 5.21 Å². The molecule has 6 nitrogen and oxygen atoms in total. The van der Waals surface area contributed by atoms with Crippen LogP contribution in [-0.4, -0.2) is 55.6 Å². The van der Waals surface area contributed by atoms with E-state index in [-0.39, 0.29) is 11.9 Å². The number of nitrogens with one attached hydrogen (secondary N) is 1. The second-order valence-corrected chi connectivity index (χ2v) is 5.32. The molecule has 1 fully saturated rings. The van der Waals surface area contributed by atoms with Crippen LogP contribution in [-0.2, 0) is 0 Å². The van der Waals surface area contributed by atoms with Gasteiger partial charge in [0.25, 0.3) is 11.6 Å². The number of carbonyl (C=O) groups is 1. The van der Waals surface area contributed by atoms with Crippen molar-refractivity contribution >= 4 is 18.3 Å². The fourth-order valence-electron chi connectivity index (χ4n) is 2.45. The molecule has 1 aliphatic heterocycles. The Hall–Kier alpha value is -2.08. The highest BCUT2D eigenvalue weighted by Crippen LogP contribution is 2.27. The summed E-state index contributed by atoms with van der Waals surface area (Å²) >= 11 is 0. The minimum atomic E-state index is -0.143. The maximum atomic E-state index is 12.3. The number of piperidine rings is 1. The molecular formula is C15H21N3O3. The second-order valence-electron chi connectivity index (χ2n) is 5.32. The average Bonchev–Trinajstić information content (AvgIpc) is 2.48. The van der Waals surface area contributed by atoms with Crippen LogP contribution in [0.2, 0.25) is 0 Å². The van der Waals surface area contributed by atoms with Gasteiger partial charge in [0.1, 0.15) is 6.72 Å². The summed E-state index contributed by atoms with van der Waals surface area (Å²) in [4.78, 5) is 14.5. The van der Waals surface area contributed by atoms with Crippen molar-refractivity contribution in [1.82, 2.24) is 10.2 Å². The van der Waals surface area contributed by atoms with Crippen molar-refractivity contribution in [3.63, 3.8) is 0 Å². The zero-order valence-corrected chi connectivity index (χ0v) is 12.5. The van der Waals surface area contributed by atoms with Gasteiger partial charge in [0, 0.05) is 17.7 Å². The smallest absolute Gasteiger partial charge is 0.258 e. The van der Waals surface area contributed by atoms with Gasteiger partial charge in [-0.15, -0.1) is 0 Å². The van der Waals surface area contributed by atoms with Gasteiger partial charge in [-0.05, 0) is 45.1 Å². The largest absolute Gasteiger partial charge is 0.619 e. The first kappa shape index (κ1) is 15.3. The Morgan fingerprint density at radius 2 is 2.14 bits per heavy atom. The van der Waals surface area contributed by atoms with Gasteiger partial charge in [-0.2, -0.15) is 4.74 Å². The summed E-state index contributed by atoms with van der Waals surface area (Å²) < 4.78 is 5.60. The number of benzene rings is 1. The lowest BCUT2D eigenvalue weighted by Gasteiger charge is -2.29. The van der Waals surface area contributed by atoms with Gasteiger partial charge in [0.05, 0.1) is 7.11 Å². The Bertz CT molecular complexity index is 537. The van der Waals surface area contributed by atoms with Crippen molar-refractivity contribution in [2.45, 2.75) is 18.9 Å². The number of hydrogen-bond donors (Lipinski definition) is 1. The third-order valence-corrected chi connectivity index (χ3v) is 3.76. The Kier molecular flexibility index (Phi) is 4.80. The number of rotatable bonds is 4. The molecule has 0 aromatic heterocycles. The minimum Gasteiger partial charge on any atom is -0.619 e. The second kappa shape index (κ2) is 6.58. The first-order valence-corrected chi connectivity index (χ1v) is 6.96. The van der Waals surface area contributed by atoms with E-state index < -0.39 is 0 Å². The Balaban J connectivity index is 2.07. The monoisotopic (exact) mass is 291 g/mol. The number of carbonyl (C=O) groups excluding carboxylic acids is 1. The standard InChI is InChI=1S/C15H21N3O3/c1-17-8-6-12(7-9-17)16-15(19)11-4-5-13(18(2)20)14(10-11)21-3/h4-5,10,12H,2,6-9H2,1,3H3,(H,16,19). The Morgan fingerprint density at radius 1 is 1.48 bits per heavy atom. The summed E-state index contributed by atoms with van der Waals surface area (Å²) in [6.07, 6.45) is 1.90. The average molecular weight is 291 g/mol. The molecule has 1 aromatic carbocycles. The number of hydrogen-bond acceptors (Lipinski definition) is 4. The van der Waals surface area contributed by atoms with Crippen molar-refractivity contribution in [3.05, 3.63) is 29.0 Å². The zero-order valence-electron chi connectivity index (χ0n) is 12.5. The molecule has 1 aliphatic rings. The molecule has 1 heterocycles. The normalized spacial score (nSPS) is 16.5. The Morgan fingerprint density at radius 3 is 2.71 bits per heavy atom. The maximum absolute atomic E-state index is 12.3. The maximum Gasteiger partial charge on any atom is 0.258 e. The topological polar surface area (TPSA) is 67.6 Å². The van der Waals surface area contributed by atoms with Crippen molar-refractivity contribution in [2.24, 2.45) is 0 Å². The molecule has 0 atom stereocenters. The van der Waals surface area contributed by atoms with E-state index in [4.69, 9.17) is 4.74 Å². The molecule has 6 heteroatoms. The van der Waals surface area contributed by atoms with Gasteiger partial charge in [0.2, 0.25) is 0 Å². The van der Waals surface area contributed by atoms with E-state index in [1.165, 1.54) is 7.11 Å². The van der Waals surface area contributed by atoms with Crippen molar-refractivity contribution < 1.29 is 14.3 Å². The summed E-state index contributed by atoms with van der Waals surface area (Å²) in [7, 11) is 3.54. The predicted octanol–water partition coefficient (Wildman–Crippen LogP) is 1.36. The molecule has 0 unspecified atom stereocenters. The van der Waals surface area contributed by atoms with E-state index in [1.807, 2.05) is 0 Å². The van der Waals surface area contributed by atoms with Gasteiger partial charge >= 0.3 is 0 Å². The highest BCUT2D eigenvalue weighted by atomic mass is 16.5. The molecule has 0 aliphatic carbocycles. The number of ether oxygens (including phenoxy) is 1. The van der Waals surface area contributed by atoms with Gasteiger partial charge < -0.3 is 20.2 Å². The molecule has 0 bridgehead atoms. The zero-order chi connectivity index (χ0) is 15.4. The lowest BCUT2D eigenvalue weighted by Crippen LogP contribution is -2.43. The van der Waals surface area contributed by atoms with Crippen LogP contribution >= 0.6 is 0 Å². The number of nitrogens with zero attached hydrogens (tertiary/aromatic N) is 2. The Labute approximate surface area is 124 Å². The first-order valence-electron chi connectivity index (χ1n) is 6.96. The number of methoxy groups -OCH3 is 1. The van der Waals surface area contributed by atoms with E-state index in [1.54, 1.807) is 18.2 Å². The van der Waals surface area contributed by atoms with Gasteiger partial charge in [-0.3, -0.25) is 4.79 Å². The van der Waals surface area contributed by atoms with E-state index in [0.29, 0.717) is 21.7 Å². The first-order chi connectivity index (χ1) is 10.0. The summed E-state index contributed by atoms with van der Waals surface area (Å²) in [6.45, 7) is 5.26. The predicted molar refractivity (Wildman–Crippen MR) is 81.4 cm³/mol. The highest BCUT2D eigenvalue weighted by molar-refractivity contribution is 5.95. The van der Waals surface area contributed by atoms with Crippen LogP contribution in [0.15, 0.2) is 18.2 Å². The molecule has 1 saturated heterocycles. The molecule has 1 aromatic rings. The van der Waals surface area contributed by atoms with E-state index in [0.717, 1.165) is 25.9 Å². The van der Waals surface area contributed by atoms with Crippen LogP contribution < -0.4 is 10.1 Å². The number of likely N-dealkylation sites (tertiary alicyclic amines) is 1. The fourth-order valence-corrected chi connectivity index (χ4v) is 2.45. The molecule has 21 heavy (non-hydrogen) atoms. The quantitative estimate of drug-likeness (QED) is 0.394. The molecule has 0 spiro atoms. The van der Waals surface area contributed by atoms with Crippen LogP contribution in [0.25, 0.3) is 0 Å². The molecule has 1 amide bonds. The van der Waals surface area contributed by atoms with E-state index in [9.17, 15) is 10.0 Å². The van der Waals surface area contributed by atoms with Gasteiger partial charge in [-0.25, -0.2) is 0 Å². The van der Waals surface area contributed by atoms with Crippen LogP contribution in [0.4, 0.5) is 5.69 Å². The van der Waals surface area contributed by atoms with E-state index in [2.05, 4.69) is 24.0 Å². The van der Waals surface area contributed by atoms with Crippen molar-refractivity contribution in [1.29, 1.82) is 0 Å². The molecule has 1 N–H and O–H groups in total. The van der Waals surface area contributed by atoms with Crippen molar-refractivity contribution in [2.75, 3.05) is 27.2 Å². The minimum absolute atomic E-state index is 0.143. The van der Waals surface area contributed by atoms with Crippen LogP contribution in [0.3, 0.4) is 0 Å². The molecule has 2 rings (SSSR count). The summed E-state index contributed by atoms with van der Waals surface area (Å²) in [5.41, 5.74) is 0.782. The lowest BCUT2D eigenvalue weighted by atomic mass is 10.0. The lowest BCUT2D eigenvalue weighted by molar-refractivity contribution is -0.350. The van der Waals surface area contributed by atoms with Gasteiger partial charge in [0.15, 0.2) is 5.75 Å². The third kappa shape index (κ3) is 3.72. The molecule has 0 saturated carbocycles. The molecular weight excluding hydrogens is 270 g/mol. The fraction of sp³-hybridized carbons (Fsp3) is 0.467. The molecule has 0 radical (unpaired) electrons. The van der Waals surface area contributed by atoms with Crippen LogP contribution in [0.1, 0.15) is 23.2 Å². The summed E-state index contributed by atoms with van der Waals surface area (Å²) in [5.74, 6) is 0.201. The number of amides is 1. The highest BCUT2D eigenvalue weighted by Gasteiger charge is 2.20. The molecule has 114 valence electrons.